The maximum absolute atomic E-state index is 11.7. The van der Waals surface area contributed by atoms with Crippen molar-refractivity contribution in [3.05, 3.63) is 58.9 Å². The van der Waals surface area contributed by atoms with Crippen molar-refractivity contribution in [2.75, 3.05) is 0 Å². The summed E-state index contributed by atoms with van der Waals surface area (Å²) in [5.41, 5.74) is 1.69. The molecule has 0 aliphatic heterocycles. The van der Waals surface area contributed by atoms with Crippen molar-refractivity contribution in [2.24, 2.45) is 0 Å². The van der Waals surface area contributed by atoms with Gasteiger partial charge in [0.2, 0.25) is 0 Å². The van der Waals surface area contributed by atoms with Crippen LogP contribution in [0, 0.1) is 0 Å². The van der Waals surface area contributed by atoms with Crippen molar-refractivity contribution in [3.8, 4) is 0 Å². The van der Waals surface area contributed by atoms with Crippen molar-refractivity contribution >= 4 is 17.4 Å². The molecule has 1 aromatic heterocycles. The van der Waals surface area contributed by atoms with Crippen LogP contribution in [0.1, 0.15) is 15.9 Å². The average Bonchev–Trinajstić information content (AvgIpc) is 2.74. The molecule has 0 bridgehead atoms. The lowest BCUT2D eigenvalue weighted by atomic mass is 10.1. The minimum absolute atomic E-state index is 0.110. The smallest absolute Gasteiger partial charge is 0.168 e. The number of halogens is 1. The molecule has 0 fully saturated rings. The first-order valence-corrected chi connectivity index (χ1v) is 5.04. The van der Waals surface area contributed by atoms with E-state index < -0.39 is 0 Å². The highest BCUT2D eigenvalue weighted by Gasteiger charge is 2.06. The van der Waals surface area contributed by atoms with Gasteiger partial charge in [0, 0.05) is 29.4 Å². The Labute approximate surface area is 92.9 Å². The van der Waals surface area contributed by atoms with Crippen molar-refractivity contribution in [2.45, 2.75) is 6.42 Å². The van der Waals surface area contributed by atoms with Gasteiger partial charge in [-0.05, 0) is 23.8 Å². The van der Waals surface area contributed by atoms with Crippen LogP contribution in [0.25, 0.3) is 0 Å². The molecule has 0 amide bonds. The molecule has 0 atom stereocenters. The summed E-state index contributed by atoms with van der Waals surface area (Å²) in [7, 11) is 0. The molecular formula is C12H10ClNO. The molecule has 76 valence electrons. The van der Waals surface area contributed by atoms with Crippen LogP contribution in [0.5, 0.6) is 0 Å². The van der Waals surface area contributed by atoms with Gasteiger partial charge in [0.25, 0.3) is 0 Å². The SMILES string of the molecule is O=C(Cc1ccc(Cl)cc1)c1cc[nH]c1. The monoisotopic (exact) mass is 219 g/mol. The zero-order valence-corrected chi connectivity index (χ0v) is 8.79. The molecule has 0 spiro atoms. The summed E-state index contributed by atoms with van der Waals surface area (Å²) in [6.07, 6.45) is 3.86. The first-order chi connectivity index (χ1) is 7.25. The minimum Gasteiger partial charge on any atom is -0.367 e. The first kappa shape index (κ1) is 9.99. The number of H-pyrrole nitrogens is 1. The molecule has 1 N–H and O–H groups in total. The van der Waals surface area contributed by atoms with Crippen molar-refractivity contribution in [3.63, 3.8) is 0 Å². The maximum Gasteiger partial charge on any atom is 0.168 e. The second-order valence-corrected chi connectivity index (χ2v) is 3.76. The van der Waals surface area contributed by atoms with E-state index in [0.29, 0.717) is 17.0 Å². The fourth-order valence-corrected chi connectivity index (χ4v) is 1.51. The second-order valence-electron chi connectivity index (χ2n) is 3.33. The molecule has 15 heavy (non-hydrogen) atoms. The largest absolute Gasteiger partial charge is 0.367 e. The Bertz CT molecular complexity index is 445. The van der Waals surface area contributed by atoms with Crippen LogP contribution < -0.4 is 0 Å². The average molecular weight is 220 g/mol. The van der Waals surface area contributed by atoms with E-state index in [1.54, 1.807) is 30.6 Å². The number of carbonyl (C=O) groups excluding carboxylic acids is 1. The van der Waals surface area contributed by atoms with E-state index in [1.807, 2.05) is 12.1 Å². The van der Waals surface area contributed by atoms with Gasteiger partial charge in [-0.15, -0.1) is 0 Å². The Balaban J connectivity index is 2.09. The van der Waals surface area contributed by atoms with Gasteiger partial charge in [-0.3, -0.25) is 4.79 Å². The van der Waals surface area contributed by atoms with E-state index in [2.05, 4.69) is 4.98 Å². The number of Topliss-reactive ketones (excluding diaryl/α,β-unsaturated/α-hetero) is 1. The molecule has 0 radical (unpaired) electrons. The predicted molar refractivity (Wildman–Crippen MR) is 60.3 cm³/mol. The summed E-state index contributed by atoms with van der Waals surface area (Å²) in [5.74, 6) is 0.110. The fraction of sp³-hybridized carbons (Fsp3) is 0.0833. The summed E-state index contributed by atoms with van der Waals surface area (Å²) < 4.78 is 0. The summed E-state index contributed by atoms with van der Waals surface area (Å²) in [6, 6.07) is 9.10. The third-order valence-electron chi connectivity index (χ3n) is 2.20. The Kier molecular flexibility index (Phi) is 2.88. The highest BCUT2D eigenvalue weighted by molar-refractivity contribution is 6.30. The molecule has 2 aromatic rings. The van der Waals surface area contributed by atoms with Crippen molar-refractivity contribution in [1.29, 1.82) is 0 Å². The van der Waals surface area contributed by atoms with Gasteiger partial charge in [0.05, 0.1) is 0 Å². The quantitative estimate of drug-likeness (QED) is 0.791. The molecule has 2 rings (SSSR count). The number of ketones is 1. The van der Waals surface area contributed by atoms with Crippen molar-refractivity contribution in [1.82, 2.24) is 4.98 Å². The number of aromatic amines is 1. The topological polar surface area (TPSA) is 32.9 Å². The molecule has 0 unspecified atom stereocenters. The number of benzene rings is 1. The summed E-state index contributed by atoms with van der Waals surface area (Å²) in [6.45, 7) is 0. The van der Waals surface area contributed by atoms with Crippen LogP contribution in [0.15, 0.2) is 42.7 Å². The lowest BCUT2D eigenvalue weighted by molar-refractivity contribution is 0.0993. The van der Waals surface area contributed by atoms with Gasteiger partial charge in [-0.2, -0.15) is 0 Å². The van der Waals surface area contributed by atoms with E-state index in [4.69, 9.17) is 11.6 Å². The lowest BCUT2D eigenvalue weighted by Crippen LogP contribution is -2.01. The van der Waals surface area contributed by atoms with E-state index in [0.717, 1.165) is 5.56 Å². The molecule has 0 saturated heterocycles. The van der Waals surface area contributed by atoms with Crippen LogP contribution in [0.3, 0.4) is 0 Å². The summed E-state index contributed by atoms with van der Waals surface area (Å²) in [5, 5.41) is 0.688. The van der Waals surface area contributed by atoms with Crippen LogP contribution in [-0.4, -0.2) is 10.8 Å². The van der Waals surface area contributed by atoms with Crippen LogP contribution >= 0.6 is 11.6 Å². The van der Waals surface area contributed by atoms with E-state index >= 15 is 0 Å². The number of hydrogen-bond acceptors (Lipinski definition) is 1. The van der Waals surface area contributed by atoms with E-state index in [-0.39, 0.29) is 5.78 Å². The van der Waals surface area contributed by atoms with E-state index in [1.165, 1.54) is 0 Å². The number of carbonyl (C=O) groups is 1. The Morgan fingerprint density at radius 2 is 1.93 bits per heavy atom. The third kappa shape index (κ3) is 2.48. The van der Waals surface area contributed by atoms with Gasteiger partial charge in [-0.25, -0.2) is 0 Å². The Morgan fingerprint density at radius 1 is 1.20 bits per heavy atom. The molecule has 1 heterocycles. The number of nitrogens with one attached hydrogen (secondary N) is 1. The Morgan fingerprint density at radius 3 is 2.53 bits per heavy atom. The standard InChI is InChI=1S/C12H10ClNO/c13-11-3-1-9(2-4-11)7-12(15)10-5-6-14-8-10/h1-6,8,14H,7H2. The van der Waals surface area contributed by atoms with Crippen LogP contribution in [-0.2, 0) is 6.42 Å². The predicted octanol–water partition coefficient (Wildman–Crippen LogP) is 3.09. The van der Waals surface area contributed by atoms with Gasteiger partial charge in [0.15, 0.2) is 5.78 Å². The van der Waals surface area contributed by atoms with Gasteiger partial charge in [-0.1, -0.05) is 23.7 Å². The van der Waals surface area contributed by atoms with Gasteiger partial charge >= 0.3 is 0 Å². The highest BCUT2D eigenvalue weighted by Crippen LogP contribution is 2.11. The minimum atomic E-state index is 0.110. The number of hydrogen-bond donors (Lipinski definition) is 1. The number of aromatic nitrogens is 1. The molecule has 3 heteroatoms. The lowest BCUT2D eigenvalue weighted by Gasteiger charge is -1.99. The molecule has 1 aromatic carbocycles. The summed E-state index contributed by atoms with van der Waals surface area (Å²) in [4.78, 5) is 14.6. The van der Waals surface area contributed by atoms with Crippen molar-refractivity contribution < 1.29 is 4.79 Å². The molecule has 0 aliphatic rings. The first-order valence-electron chi connectivity index (χ1n) is 4.66. The zero-order chi connectivity index (χ0) is 10.7. The number of rotatable bonds is 3. The van der Waals surface area contributed by atoms with Gasteiger partial charge in [0.1, 0.15) is 0 Å². The molecule has 2 nitrogen and oxygen atoms in total. The van der Waals surface area contributed by atoms with Gasteiger partial charge < -0.3 is 4.98 Å². The van der Waals surface area contributed by atoms with Crippen LogP contribution in [0.4, 0.5) is 0 Å². The fourth-order valence-electron chi connectivity index (χ4n) is 1.39. The molecule has 0 saturated carbocycles. The maximum atomic E-state index is 11.7. The third-order valence-corrected chi connectivity index (χ3v) is 2.45. The zero-order valence-electron chi connectivity index (χ0n) is 8.03. The second kappa shape index (κ2) is 4.32. The van der Waals surface area contributed by atoms with E-state index in [9.17, 15) is 4.79 Å². The normalized spacial score (nSPS) is 10.2. The van der Waals surface area contributed by atoms with Crippen LogP contribution in [0.2, 0.25) is 5.02 Å². The molecule has 0 aliphatic carbocycles. The highest BCUT2D eigenvalue weighted by atomic mass is 35.5. The Hall–Kier alpha value is -1.54. The summed E-state index contributed by atoms with van der Waals surface area (Å²) >= 11 is 5.76. The molecular weight excluding hydrogens is 210 g/mol.